The van der Waals surface area contributed by atoms with Crippen LogP contribution in [0, 0.1) is 0 Å². The van der Waals surface area contributed by atoms with Gasteiger partial charge in [0, 0.05) is 29.6 Å². The molecule has 1 amide bonds. The summed E-state index contributed by atoms with van der Waals surface area (Å²) in [7, 11) is 0. The summed E-state index contributed by atoms with van der Waals surface area (Å²) in [6, 6.07) is 17.7. The van der Waals surface area contributed by atoms with Crippen LogP contribution in [0.2, 0.25) is 0 Å². The smallest absolute Gasteiger partial charge is 0.410 e. The van der Waals surface area contributed by atoms with Crippen molar-refractivity contribution < 1.29 is 14.3 Å². The molecule has 0 radical (unpaired) electrons. The summed E-state index contributed by atoms with van der Waals surface area (Å²) >= 11 is 1.72. The van der Waals surface area contributed by atoms with Crippen molar-refractivity contribution in [1.82, 2.24) is 9.88 Å². The van der Waals surface area contributed by atoms with Crippen molar-refractivity contribution in [3.05, 3.63) is 71.2 Å². The second-order valence-electron chi connectivity index (χ2n) is 7.02. The van der Waals surface area contributed by atoms with Gasteiger partial charge in [-0.25, -0.2) is 9.78 Å². The number of amides is 1. The van der Waals surface area contributed by atoms with Gasteiger partial charge in [-0.2, -0.15) is 0 Å². The molecule has 0 unspecified atom stereocenters. The van der Waals surface area contributed by atoms with E-state index in [1.54, 1.807) is 16.2 Å². The number of hydrogen-bond donors (Lipinski definition) is 0. The molecule has 0 N–H and O–H groups in total. The first-order valence-corrected chi connectivity index (χ1v) is 10.7. The molecule has 1 saturated heterocycles. The maximum Gasteiger partial charge on any atom is 0.410 e. The average Bonchev–Trinajstić information content (AvgIpc) is 3.43. The molecule has 0 aliphatic carbocycles. The van der Waals surface area contributed by atoms with Gasteiger partial charge in [0.05, 0.1) is 6.54 Å². The highest BCUT2D eigenvalue weighted by Crippen LogP contribution is 2.28. The van der Waals surface area contributed by atoms with Crippen LogP contribution in [-0.2, 0) is 17.8 Å². The van der Waals surface area contributed by atoms with Gasteiger partial charge >= 0.3 is 6.09 Å². The number of thiazole rings is 1. The molecule has 1 aliphatic rings. The standard InChI is InChI=1S/C23H24N2O3S/c1-2-21-14-24-22(29-21)18-8-10-19(11-9-18)28-20-12-13-25(15-20)23(26)27-16-17-6-4-3-5-7-17/h3-11,14,20H,2,12-13,15-16H2,1H3/t20-/m1/s1. The highest BCUT2D eigenvalue weighted by molar-refractivity contribution is 7.15. The van der Waals surface area contributed by atoms with Crippen LogP contribution in [-0.4, -0.2) is 35.2 Å². The molecule has 0 spiro atoms. The van der Waals surface area contributed by atoms with Crippen LogP contribution < -0.4 is 4.74 Å². The number of hydrogen-bond acceptors (Lipinski definition) is 5. The second kappa shape index (κ2) is 9.09. The summed E-state index contributed by atoms with van der Waals surface area (Å²) in [4.78, 5) is 19.8. The van der Waals surface area contributed by atoms with Crippen molar-refractivity contribution in [2.75, 3.05) is 13.1 Å². The number of rotatable bonds is 6. The van der Waals surface area contributed by atoms with Gasteiger partial charge in [0.1, 0.15) is 23.5 Å². The van der Waals surface area contributed by atoms with Crippen molar-refractivity contribution >= 4 is 17.4 Å². The van der Waals surface area contributed by atoms with Gasteiger partial charge in [-0.1, -0.05) is 37.3 Å². The second-order valence-corrected chi connectivity index (χ2v) is 8.14. The van der Waals surface area contributed by atoms with Crippen LogP contribution in [0.5, 0.6) is 5.75 Å². The van der Waals surface area contributed by atoms with Crippen molar-refractivity contribution in [3.63, 3.8) is 0 Å². The third kappa shape index (κ3) is 4.95. The Morgan fingerprint density at radius 1 is 1.17 bits per heavy atom. The summed E-state index contributed by atoms with van der Waals surface area (Å²) in [5, 5.41) is 1.03. The van der Waals surface area contributed by atoms with Crippen LogP contribution in [0.4, 0.5) is 4.79 Å². The minimum Gasteiger partial charge on any atom is -0.489 e. The van der Waals surface area contributed by atoms with E-state index < -0.39 is 0 Å². The van der Waals surface area contributed by atoms with Crippen LogP contribution in [0.1, 0.15) is 23.8 Å². The van der Waals surface area contributed by atoms with Gasteiger partial charge in [-0.3, -0.25) is 0 Å². The lowest BCUT2D eigenvalue weighted by atomic mass is 10.2. The van der Waals surface area contributed by atoms with Crippen LogP contribution in [0.25, 0.3) is 10.6 Å². The Labute approximate surface area is 174 Å². The number of carbonyl (C=O) groups excluding carboxylic acids is 1. The number of nitrogens with zero attached hydrogens (tertiary/aromatic N) is 2. The van der Waals surface area contributed by atoms with Gasteiger partial charge in [-0.05, 0) is 36.2 Å². The molecule has 3 aromatic rings. The fraction of sp³-hybridized carbons (Fsp3) is 0.304. The fourth-order valence-electron chi connectivity index (χ4n) is 3.27. The lowest BCUT2D eigenvalue weighted by molar-refractivity contribution is 0.0991. The Morgan fingerprint density at radius 3 is 2.69 bits per heavy atom. The number of likely N-dealkylation sites (tertiary alicyclic amines) is 1. The average molecular weight is 409 g/mol. The lowest BCUT2D eigenvalue weighted by Crippen LogP contribution is -2.31. The molecule has 0 bridgehead atoms. The van der Waals surface area contributed by atoms with E-state index in [0.717, 1.165) is 34.7 Å². The summed E-state index contributed by atoms with van der Waals surface area (Å²) in [6.45, 7) is 3.62. The molecule has 2 heterocycles. The molecular formula is C23H24N2O3S. The zero-order valence-corrected chi connectivity index (χ0v) is 17.2. The van der Waals surface area contributed by atoms with E-state index in [4.69, 9.17) is 9.47 Å². The Kier molecular flexibility index (Phi) is 6.10. The SMILES string of the molecule is CCc1cnc(-c2ccc(O[C@@H]3CCN(C(=O)OCc4ccccc4)C3)cc2)s1. The number of carbonyl (C=O) groups is 1. The fourth-order valence-corrected chi connectivity index (χ4v) is 4.13. The highest BCUT2D eigenvalue weighted by atomic mass is 32.1. The van der Waals surface area contributed by atoms with E-state index in [9.17, 15) is 4.79 Å². The van der Waals surface area contributed by atoms with Gasteiger partial charge in [-0.15, -0.1) is 11.3 Å². The molecule has 2 aromatic carbocycles. The molecule has 1 atom stereocenters. The molecule has 6 heteroatoms. The Balaban J connectivity index is 1.27. The lowest BCUT2D eigenvalue weighted by Gasteiger charge is -2.17. The van der Waals surface area contributed by atoms with Crippen molar-refractivity contribution in [2.24, 2.45) is 0 Å². The summed E-state index contributed by atoms with van der Waals surface area (Å²) < 4.78 is 11.5. The van der Waals surface area contributed by atoms with Crippen molar-refractivity contribution in [1.29, 1.82) is 0 Å². The zero-order valence-electron chi connectivity index (χ0n) is 16.4. The first-order valence-electron chi connectivity index (χ1n) is 9.88. The van der Waals surface area contributed by atoms with Gasteiger partial charge in [0.25, 0.3) is 0 Å². The predicted molar refractivity (Wildman–Crippen MR) is 114 cm³/mol. The van der Waals surface area contributed by atoms with E-state index in [2.05, 4.69) is 11.9 Å². The van der Waals surface area contributed by atoms with Gasteiger partial charge in [0.15, 0.2) is 0 Å². The van der Waals surface area contributed by atoms with Crippen LogP contribution in [0.3, 0.4) is 0 Å². The predicted octanol–water partition coefficient (Wildman–Crippen LogP) is 5.16. The van der Waals surface area contributed by atoms with Gasteiger partial charge in [0.2, 0.25) is 0 Å². The quantitative estimate of drug-likeness (QED) is 0.565. The maximum atomic E-state index is 12.3. The molecule has 1 aromatic heterocycles. The zero-order chi connectivity index (χ0) is 20.1. The molecular weight excluding hydrogens is 384 g/mol. The first kappa shape index (κ1) is 19.5. The minimum atomic E-state index is -0.286. The van der Waals surface area contributed by atoms with E-state index in [1.807, 2.05) is 60.8 Å². The van der Waals surface area contributed by atoms with Gasteiger partial charge < -0.3 is 14.4 Å². The first-order chi connectivity index (χ1) is 14.2. The topological polar surface area (TPSA) is 51.7 Å². The summed E-state index contributed by atoms with van der Waals surface area (Å²) in [6.07, 6.45) is 3.44. The minimum absolute atomic E-state index is 0.0170. The third-order valence-corrected chi connectivity index (χ3v) is 6.11. The summed E-state index contributed by atoms with van der Waals surface area (Å²) in [5.74, 6) is 0.811. The van der Waals surface area contributed by atoms with E-state index in [1.165, 1.54) is 4.88 Å². The molecule has 4 rings (SSSR count). The van der Waals surface area contributed by atoms with E-state index >= 15 is 0 Å². The summed E-state index contributed by atoms with van der Waals surface area (Å²) in [5.41, 5.74) is 2.08. The molecule has 1 aliphatic heterocycles. The normalized spacial score (nSPS) is 16.0. The molecule has 29 heavy (non-hydrogen) atoms. The Morgan fingerprint density at radius 2 is 1.97 bits per heavy atom. The van der Waals surface area contributed by atoms with Crippen LogP contribution in [0.15, 0.2) is 60.8 Å². The molecule has 5 nitrogen and oxygen atoms in total. The maximum absolute atomic E-state index is 12.3. The number of benzene rings is 2. The number of ether oxygens (including phenoxy) is 2. The van der Waals surface area contributed by atoms with Crippen LogP contribution >= 0.6 is 11.3 Å². The molecule has 150 valence electrons. The number of aromatic nitrogens is 1. The van der Waals surface area contributed by atoms with E-state index in [0.29, 0.717) is 19.7 Å². The molecule has 1 fully saturated rings. The van der Waals surface area contributed by atoms with Crippen molar-refractivity contribution in [2.45, 2.75) is 32.5 Å². The third-order valence-electron chi connectivity index (χ3n) is 4.91. The Hall–Kier alpha value is -2.86. The highest BCUT2D eigenvalue weighted by Gasteiger charge is 2.28. The Bertz CT molecular complexity index is 940. The monoisotopic (exact) mass is 408 g/mol. The molecule has 0 saturated carbocycles. The van der Waals surface area contributed by atoms with E-state index in [-0.39, 0.29) is 12.2 Å². The number of aryl methyl sites for hydroxylation is 1. The van der Waals surface area contributed by atoms with Crippen molar-refractivity contribution in [3.8, 4) is 16.3 Å². The largest absolute Gasteiger partial charge is 0.489 e.